The second kappa shape index (κ2) is 9.85. The van der Waals surface area contributed by atoms with Gasteiger partial charge in [0.1, 0.15) is 21.3 Å². The van der Waals surface area contributed by atoms with Crippen molar-refractivity contribution in [1.82, 2.24) is 15.3 Å². The maximum Gasteiger partial charge on any atom is 0.433 e. The molecule has 2 aromatic rings. The Balaban J connectivity index is 0.00000420. The summed E-state index contributed by atoms with van der Waals surface area (Å²) in [5.74, 6) is -1.23. The van der Waals surface area contributed by atoms with E-state index < -0.39 is 27.6 Å². The largest absolute Gasteiger partial charge is 0.437 e. The van der Waals surface area contributed by atoms with Gasteiger partial charge in [-0.25, -0.2) is 13.4 Å². The number of rotatable bonds is 7. The Morgan fingerprint density at radius 2 is 1.93 bits per heavy atom. The first kappa shape index (κ1) is 24.6. The maximum absolute atomic E-state index is 12.9. The van der Waals surface area contributed by atoms with Gasteiger partial charge in [0.15, 0.2) is 0 Å². The maximum atomic E-state index is 12.9. The molecule has 0 unspecified atom stereocenters. The molecule has 3 N–H and O–H groups in total. The predicted octanol–water partition coefficient (Wildman–Crippen LogP) is 1.94. The van der Waals surface area contributed by atoms with Crippen LogP contribution in [0.5, 0.6) is 11.6 Å². The molecule has 0 fully saturated rings. The summed E-state index contributed by atoms with van der Waals surface area (Å²) in [5, 5.41) is 2.40. The third kappa shape index (κ3) is 7.83. The van der Waals surface area contributed by atoms with Crippen LogP contribution >= 0.6 is 12.4 Å². The lowest BCUT2D eigenvalue weighted by Gasteiger charge is -2.11. The monoisotopic (exact) mass is 454 g/mol. The molecule has 0 saturated carbocycles. The first-order valence-electron chi connectivity index (χ1n) is 7.85. The highest BCUT2D eigenvalue weighted by atomic mass is 35.5. The summed E-state index contributed by atoms with van der Waals surface area (Å²) < 4.78 is 66.2. The van der Waals surface area contributed by atoms with Crippen LogP contribution in [-0.4, -0.2) is 42.8 Å². The lowest BCUT2D eigenvalue weighted by atomic mass is 10.2. The molecule has 0 radical (unpaired) electrons. The quantitative estimate of drug-likeness (QED) is 0.655. The molecular formula is C16H18ClF3N4O4S. The third-order valence-corrected chi connectivity index (χ3v) is 4.29. The first-order valence-corrected chi connectivity index (χ1v) is 9.91. The molecule has 0 aromatic carbocycles. The fourth-order valence-corrected chi connectivity index (χ4v) is 2.52. The molecule has 0 spiro atoms. The van der Waals surface area contributed by atoms with Gasteiger partial charge >= 0.3 is 6.18 Å². The van der Waals surface area contributed by atoms with Crippen molar-refractivity contribution in [3.63, 3.8) is 0 Å². The fourth-order valence-electron chi connectivity index (χ4n) is 2.05. The molecule has 0 aliphatic heterocycles. The Bertz CT molecular complexity index is 971. The number of hydrogen-bond donors (Lipinski definition) is 2. The zero-order chi connectivity index (χ0) is 20.9. The standard InChI is InChI=1S/C16H17F3N4O4S.ClH/c1-28(25,26)3-2-22-15(24)11-6-12(9-21-8-11)27-14-5-10(7-20)4-13(23-14)16(17,18)19;/h4-6,8-9H,2-3,7,20H2,1H3,(H,22,24);1H. The molecule has 1 amide bonds. The van der Waals surface area contributed by atoms with Gasteiger partial charge in [-0.15, -0.1) is 12.4 Å². The minimum Gasteiger partial charge on any atom is -0.437 e. The lowest BCUT2D eigenvalue weighted by Crippen LogP contribution is -2.28. The molecule has 13 heteroatoms. The van der Waals surface area contributed by atoms with Crippen molar-refractivity contribution in [2.24, 2.45) is 5.73 Å². The van der Waals surface area contributed by atoms with E-state index in [-0.39, 0.29) is 54.0 Å². The number of amides is 1. The van der Waals surface area contributed by atoms with Crippen molar-refractivity contribution in [3.8, 4) is 11.6 Å². The van der Waals surface area contributed by atoms with Crippen LogP contribution < -0.4 is 15.8 Å². The molecule has 0 aliphatic rings. The van der Waals surface area contributed by atoms with Crippen LogP contribution in [0.25, 0.3) is 0 Å². The van der Waals surface area contributed by atoms with Crippen LogP contribution in [0, 0.1) is 0 Å². The van der Waals surface area contributed by atoms with Crippen molar-refractivity contribution < 1.29 is 31.1 Å². The highest BCUT2D eigenvalue weighted by Gasteiger charge is 2.33. The summed E-state index contributed by atoms with van der Waals surface area (Å²) in [6, 6.07) is 3.30. The average molecular weight is 455 g/mol. The summed E-state index contributed by atoms with van der Waals surface area (Å²) in [7, 11) is -3.24. The predicted molar refractivity (Wildman–Crippen MR) is 101 cm³/mol. The van der Waals surface area contributed by atoms with Crippen LogP contribution in [0.3, 0.4) is 0 Å². The van der Waals surface area contributed by atoms with E-state index in [1.165, 1.54) is 24.5 Å². The van der Waals surface area contributed by atoms with E-state index in [0.717, 1.165) is 12.3 Å². The van der Waals surface area contributed by atoms with E-state index in [1.54, 1.807) is 0 Å². The number of hydrogen-bond acceptors (Lipinski definition) is 7. The molecule has 0 atom stereocenters. The third-order valence-electron chi connectivity index (χ3n) is 3.34. The lowest BCUT2D eigenvalue weighted by molar-refractivity contribution is -0.141. The van der Waals surface area contributed by atoms with E-state index in [4.69, 9.17) is 10.5 Å². The van der Waals surface area contributed by atoms with Gasteiger partial charge in [-0.2, -0.15) is 13.2 Å². The summed E-state index contributed by atoms with van der Waals surface area (Å²) in [6.07, 6.45) is -1.25. The second-order valence-electron chi connectivity index (χ2n) is 5.80. The van der Waals surface area contributed by atoms with E-state index in [9.17, 15) is 26.4 Å². The minimum absolute atomic E-state index is 0. The molecule has 0 saturated heterocycles. The van der Waals surface area contributed by atoms with Crippen molar-refractivity contribution in [3.05, 3.63) is 47.4 Å². The Kier molecular flexibility index (Phi) is 8.36. The molecule has 0 aliphatic carbocycles. The first-order chi connectivity index (χ1) is 13.0. The molecule has 8 nitrogen and oxygen atoms in total. The Morgan fingerprint density at radius 3 is 2.52 bits per heavy atom. The van der Waals surface area contributed by atoms with E-state index in [2.05, 4.69) is 15.3 Å². The number of alkyl halides is 3. The van der Waals surface area contributed by atoms with Crippen LogP contribution in [0.2, 0.25) is 0 Å². The van der Waals surface area contributed by atoms with Gasteiger partial charge in [-0.3, -0.25) is 9.78 Å². The Labute approximate surface area is 171 Å². The summed E-state index contributed by atoms with van der Waals surface area (Å²) in [4.78, 5) is 19.2. The summed E-state index contributed by atoms with van der Waals surface area (Å²) >= 11 is 0. The van der Waals surface area contributed by atoms with Crippen LogP contribution in [-0.2, 0) is 22.6 Å². The molecule has 0 bridgehead atoms. The highest BCUT2D eigenvalue weighted by molar-refractivity contribution is 7.90. The summed E-state index contributed by atoms with van der Waals surface area (Å²) in [5.41, 5.74) is 4.45. The number of ether oxygens (including phenoxy) is 1. The minimum atomic E-state index is -4.68. The van der Waals surface area contributed by atoms with Crippen molar-refractivity contribution >= 4 is 28.2 Å². The normalized spacial score (nSPS) is 11.5. The van der Waals surface area contributed by atoms with Gasteiger partial charge in [-0.05, 0) is 17.7 Å². The smallest absolute Gasteiger partial charge is 0.433 e. The number of nitrogens with one attached hydrogen (secondary N) is 1. The van der Waals surface area contributed by atoms with Crippen molar-refractivity contribution in [1.29, 1.82) is 0 Å². The van der Waals surface area contributed by atoms with Crippen LogP contribution in [0.4, 0.5) is 13.2 Å². The molecule has 2 heterocycles. The van der Waals surface area contributed by atoms with Gasteiger partial charge in [0, 0.05) is 31.6 Å². The zero-order valence-electron chi connectivity index (χ0n) is 15.1. The van der Waals surface area contributed by atoms with Gasteiger partial charge < -0.3 is 15.8 Å². The zero-order valence-corrected chi connectivity index (χ0v) is 16.7. The van der Waals surface area contributed by atoms with Gasteiger partial charge in [0.2, 0.25) is 5.88 Å². The van der Waals surface area contributed by atoms with E-state index >= 15 is 0 Å². The number of halogens is 4. The number of carbonyl (C=O) groups excluding carboxylic acids is 1. The number of carbonyl (C=O) groups is 1. The topological polar surface area (TPSA) is 124 Å². The highest BCUT2D eigenvalue weighted by Crippen LogP contribution is 2.31. The van der Waals surface area contributed by atoms with Crippen molar-refractivity contribution in [2.45, 2.75) is 12.7 Å². The fraction of sp³-hybridized carbons (Fsp3) is 0.312. The second-order valence-corrected chi connectivity index (χ2v) is 8.06. The molecule has 29 heavy (non-hydrogen) atoms. The van der Waals surface area contributed by atoms with E-state index in [1.807, 2.05) is 0 Å². The van der Waals surface area contributed by atoms with Gasteiger partial charge in [-0.1, -0.05) is 0 Å². The molecule has 160 valence electrons. The number of pyridine rings is 2. The van der Waals surface area contributed by atoms with Gasteiger partial charge in [0.25, 0.3) is 5.91 Å². The number of aromatic nitrogens is 2. The Morgan fingerprint density at radius 1 is 1.24 bits per heavy atom. The number of sulfone groups is 1. The average Bonchev–Trinajstić information content (AvgIpc) is 2.59. The van der Waals surface area contributed by atoms with Gasteiger partial charge in [0.05, 0.1) is 17.5 Å². The molecule has 2 rings (SSSR count). The number of nitrogens with two attached hydrogens (primary N) is 1. The van der Waals surface area contributed by atoms with E-state index in [0.29, 0.717) is 0 Å². The Hall–Kier alpha value is -2.44. The number of nitrogens with zero attached hydrogens (tertiary/aromatic N) is 2. The summed E-state index contributed by atoms with van der Waals surface area (Å²) in [6.45, 7) is -0.249. The SMILES string of the molecule is CS(=O)(=O)CCNC(=O)c1cncc(Oc2cc(CN)cc(C(F)(F)F)n2)c1.Cl. The molecule has 2 aromatic heterocycles. The molecular weight excluding hydrogens is 437 g/mol. The van der Waals surface area contributed by atoms with Crippen molar-refractivity contribution in [2.75, 3.05) is 18.6 Å². The van der Waals surface area contributed by atoms with Crippen LogP contribution in [0.15, 0.2) is 30.6 Å². The van der Waals surface area contributed by atoms with Crippen LogP contribution in [0.1, 0.15) is 21.6 Å².